The van der Waals surface area contributed by atoms with Crippen LogP contribution in [-0.4, -0.2) is 20.9 Å². The number of phenolic OH excluding ortho intramolecular Hbond substituents is 1. The SMILES string of the molecule is O=C(Nc1cc([N+](=O)[O-])ccc1O)c1cc[nH]c(=O)c1. The Bertz CT molecular complexity index is 738. The molecular formula is C12H9N3O5. The van der Waals surface area contributed by atoms with Gasteiger partial charge in [0.15, 0.2) is 0 Å². The van der Waals surface area contributed by atoms with Crippen LogP contribution in [0.1, 0.15) is 10.4 Å². The van der Waals surface area contributed by atoms with E-state index in [9.17, 15) is 24.8 Å². The molecule has 1 amide bonds. The molecule has 0 atom stereocenters. The van der Waals surface area contributed by atoms with Crippen LogP contribution in [0.15, 0.2) is 41.3 Å². The molecule has 1 aromatic carbocycles. The van der Waals surface area contributed by atoms with Gasteiger partial charge >= 0.3 is 0 Å². The molecular weight excluding hydrogens is 266 g/mol. The second-order valence-corrected chi connectivity index (χ2v) is 3.85. The number of aromatic nitrogens is 1. The molecule has 0 aliphatic heterocycles. The first kappa shape index (κ1) is 13.3. The smallest absolute Gasteiger partial charge is 0.271 e. The van der Waals surface area contributed by atoms with E-state index in [4.69, 9.17) is 0 Å². The second-order valence-electron chi connectivity index (χ2n) is 3.85. The number of rotatable bonds is 3. The number of nitrogens with zero attached hydrogens (tertiary/aromatic N) is 1. The van der Waals surface area contributed by atoms with Gasteiger partial charge in [0.25, 0.3) is 11.6 Å². The number of nitro benzene ring substituents is 1. The van der Waals surface area contributed by atoms with Crippen LogP contribution in [-0.2, 0) is 0 Å². The second kappa shape index (κ2) is 5.22. The summed E-state index contributed by atoms with van der Waals surface area (Å²) >= 11 is 0. The number of nitrogens with one attached hydrogen (secondary N) is 2. The molecule has 0 saturated carbocycles. The maximum absolute atomic E-state index is 11.9. The molecule has 0 saturated heterocycles. The van der Waals surface area contributed by atoms with Crippen LogP contribution in [0.2, 0.25) is 0 Å². The zero-order valence-electron chi connectivity index (χ0n) is 9.99. The molecule has 0 aliphatic rings. The predicted molar refractivity (Wildman–Crippen MR) is 69.8 cm³/mol. The largest absolute Gasteiger partial charge is 0.506 e. The van der Waals surface area contributed by atoms with Gasteiger partial charge in [0.1, 0.15) is 5.75 Å². The Morgan fingerprint density at radius 1 is 1.30 bits per heavy atom. The van der Waals surface area contributed by atoms with Gasteiger partial charge in [-0.05, 0) is 12.1 Å². The highest BCUT2D eigenvalue weighted by molar-refractivity contribution is 6.05. The minimum Gasteiger partial charge on any atom is -0.506 e. The molecule has 0 spiro atoms. The van der Waals surface area contributed by atoms with Gasteiger partial charge in [-0.1, -0.05) is 0 Å². The minimum absolute atomic E-state index is 0.0691. The molecule has 102 valence electrons. The summed E-state index contributed by atoms with van der Waals surface area (Å²) < 4.78 is 0. The van der Waals surface area contributed by atoms with Crippen molar-refractivity contribution in [2.75, 3.05) is 5.32 Å². The van der Waals surface area contributed by atoms with Crippen LogP contribution in [0, 0.1) is 10.1 Å². The summed E-state index contributed by atoms with van der Waals surface area (Å²) in [7, 11) is 0. The molecule has 1 heterocycles. The van der Waals surface area contributed by atoms with E-state index in [2.05, 4.69) is 10.3 Å². The molecule has 0 bridgehead atoms. The van der Waals surface area contributed by atoms with E-state index in [-0.39, 0.29) is 22.7 Å². The number of hydrogen-bond donors (Lipinski definition) is 3. The number of carbonyl (C=O) groups is 1. The number of non-ortho nitro benzene ring substituents is 1. The lowest BCUT2D eigenvalue weighted by Crippen LogP contribution is -2.15. The summed E-state index contributed by atoms with van der Waals surface area (Å²) in [5, 5.41) is 22.5. The molecule has 0 radical (unpaired) electrons. The molecule has 2 aromatic rings. The number of anilines is 1. The third-order valence-corrected chi connectivity index (χ3v) is 2.48. The Labute approximate surface area is 111 Å². The molecule has 2 rings (SSSR count). The van der Waals surface area contributed by atoms with E-state index < -0.39 is 16.4 Å². The van der Waals surface area contributed by atoms with Gasteiger partial charge in [0, 0.05) is 30.0 Å². The van der Waals surface area contributed by atoms with E-state index in [0.717, 1.165) is 24.3 Å². The van der Waals surface area contributed by atoms with E-state index in [1.807, 2.05) is 0 Å². The minimum atomic E-state index is -0.660. The molecule has 0 fully saturated rings. The van der Waals surface area contributed by atoms with Gasteiger partial charge in [-0.3, -0.25) is 19.7 Å². The third-order valence-electron chi connectivity index (χ3n) is 2.48. The van der Waals surface area contributed by atoms with Crippen molar-refractivity contribution in [3.63, 3.8) is 0 Å². The number of aromatic hydroxyl groups is 1. The van der Waals surface area contributed by atoms with E-state index >= 15 is 0 Å². The number of nitro groups is 1. The first-order valence-corrected chi connectivity index (χ1v) is 5.45. The summed E-state index contributed by atoms with van der Waals surface area (Å²) in [4.78, 5) is 35.3. The molecule has 20 heavy (non-hydrogen) atoms. The molecule has 1 aromatic heterocycles. The summed E-state index contributed by atoms with van der Waals surface area (Å²) in [6, 6.07) is 5.68. The average Bonchev–Trinajstić information content (AvgIpc) is 2.41. The standard InChI is InChI=1S/C12H9N3O5/c16-10-2-1-8(15(19)20)6-9(10)14-12(18)7-3-4-13-11(17)5-7/h1-6,16H,(H,13,17)(H,14,18). The molecule has 0 aliphatic carbocycles. The number of pyridine rings is 1. The number of amides is 1. The fraction of sp³-hybridized carbons (Fsp3) is 0. The lowest BCUT2D eigenvalue weighted by atomic mass is 10.2. The summed E-state index contributed by atoms with van der Waals surface area (Å²) in [6.07, 6.45) is 1.30. The number of aromatic amines is 1. The highest BCUT2D eigenvalue weighted by atomic mass is 16.6. The van der Waals surface area contributed by atoms with Gasteiger partial charge in [0.2, 0.25) is 5.56 Å². The zero-order chi connectivity index (χ0) is 14.7. The summed E-state index contributed by atoms with van der Waals surface area (Å²) in [6.45, 7) is 0. The number of phenols is 1. The fourth-order valence-electron chi connectivity index (χ4n) is 1.52. The van der Waals surface area contributed by atoms with E-state index in [1.165, 1.54) is 12.3 Å². The number of hydrogen-bond acceptors (Lipinski definition) is 5. The number of carbonyl (C=O) groups excluding carboxylic acids is 1. The van der Waals surface area contributed by atoms with Crippen LogP contribution in [0.4, 0.5) is 11.4 Å². The van der Waals surface area contributed by atoms with Crippen molar-refractivity contribution in [1.82, 2.24) is 4.98 Å². The van der Waals surface area contributed by atoms with Crippen LogP contribution in [0.5, 0.6) is 5.75 Å². The summed E-state index contributed by atoms with van der Waals surface area (Å²) in [5.41, 5.74) is -0.769. The maximum atomic E-state index is 11.9. The Morgan fingerprint density at radius 3 is 2.70 bits per heavy atom. The number of benzene rings is 1. The predicted octanol–water partition coefficient (Wildman–Crippen LogP) is 1.24. The first-order valence-electron chi connectivity index (χ1n) is 5.45. The van der Waals surface area contributed by atoms with Crippen LogP contribution < -0.4 is 10.9 Å². The molecule has 0 unspecified atom stereocenters. The first-order chi connectivity index (χ1) is 9.47. The number of H-pyrrole nitrogens is 1. The van der Waals surface area contributed by atoms with Crippen LogP contribution >= 0.6 is 0 Å². The Morgan fingerprint density at radius 2 is 2.05 bits per heavy atom. The fourth-order valence-corrected chi connectivity index (χ4v) is 1.52. The monoisotopic (exact) mass is 275 g/mol. The Hall–Kier alpha value is -3.16. The Balaban J connectivity index is 2.30. The lowest BCUT2D eigenvalue weighted by Gasteiger charge is -2.06. The highest BCUT2D eigenvalue weighted by Crippen LogP contribution is 2.28. The third kappa shape index (κ3) is 2.80. The highest BCUT2D eigenvalue weighted by Gasteiger charge is 2.13. The molecule has 8 heteroatoms. The quantitative estimate of drug-likeness (QED) is 0.441. The van der Waals surface area contributed by atoms with Gasteiger partial charge < -0.3 is 15.4 Å². The Kier molecular flexibility index (Phi) is 3.47. The van der Waals surface area contributed by atoms with Crippen molar-refractivity contribution >= 4 is 17.3 Å². The van der Waals surface area contributed by atoms with Crippen molar-refractivity contribution in [3.8, 4) is 5.75 Å². The lowest BCUT2D eigenvalue weighted by molar-refractivity contribution is -0.384. The molecule has 3 N–H and O–H groups in total. The van der Waals surface area contributed by atoms with Crippen molar-refractivity contribution in [2.45, 2.75) is 0 Å². The van der Waals surface area contributed by atoms with Crippen molar-refractivity contribution < 1.29 is 14.8 Å². The maximum Gasteiger partial charge on any atom is 0.271 e. The van der Waals surface area contributed by atoms with Gasteiger partial charge in [-0.15, -0.1) is 0 Å². The average molecular weight is 275 g/mol. The van der Waals surface area contributed by atoms with Gasteiger partial charge in [-0.2, -0.15) is 0 Å². The van der Waals surface area contributed by atoms with E-state index in [0.29, 0.717) is 0 Å². The topological polar surface area (TPSA) is 125 Å². The normalized spacial score (nSPS) is 10.0. The van der Waals surface area contributed by atoms with Crippen LogP contribution in [0.25, 0.3) is 0 Å². The van der Waals surface area contributed by atoms with Crippen molar-refractivity contribution in [2.24, 2.45) is 0 Å². The van der Waals surface area contributed by atoms with Crippen molar-refractivity contribution in [3.05, 3.63) is 62.6 Å². The summed E-state index contributed by atoms with van der Waals surface area (Å²) in [5.74, 6) is -0.972. The van der Waals surface area contributed by atoms with Gasteiger partial charge in [-0.25, -0.2) is 0 Å². The van der Waals surface area contributed by atoms with Gasteiger partial charge in [0.05, 0.1) is 10.6 Å². The zero-order valence-corrected chi connectivity index (χ0v) is 9.99. The van der Waals surface area contributed by atoms with Crippen LogP contribution in [0.3, 0.4) is 0 Å². The molecule has 8 nitrogen and oxygen atoms in total. The van der Waals surface area contributed by atoms with E-state index in [1.54, 1.807) is 0 Å². The van der Waals surface area contributed by atoms with Crippen molar-refractivity contribution in [1.29, 1.82) is 0 Å².